The first-order valence-electron chi connectivity index (χ1n) is 9.57. The van der Waals surface area contributed by atoms with E-state index in [1.807, 2.05) is 31.4 Å². The fraction of sp³-hybridized carbons (Fsp3) is 0.421. The summed E-state index contributed by atoms with van der Waals surface area (Å²) in [6, 6.07) is 6.44. The number of unbranched alkanes of at least 4 members (excludes halogenated alkanes) is 1. The maximum atomic E-state index is 12.3. The standard InChI is InChI=1S/C19H23NO9S3/c1-12-19(2,3)18-15(20(12)8-4-5-9-31(22,23)24)7-6-13-10-14(30-29-28-21)11-16(17(13)18)32(25,26)27/h6-7,10-11H,4-5,8-9H2,1-3H3,(H2-,21,22,23,24,25,26,27)/p+1. The lowest BCUT2D eigenvalue weighted by atomic mass is 9.80. The second-order valence-electron chi connectivity index (χ2n) is 8.04. The molecule has 0 saturated heterocycles. The molecule has 0 amide bonds. The number of benzene rings is 2. The molecule has 3 rings (SSSR count). The average Bonchev–Trinajstić information content (AvgIpc) is 2.87. The van der Waals surface area contributed by atoms with Gasteiger partial charge < -0.3 is 0 Å². The lowest BCUT2D eigenvalue weighted by Crippen LogP contribution is -2.27. The van der Waals surface area contributed by atoms with E-state index in [0.717, 1.165) is 11.4 Å². The summed E-state index contributed by atoms with van der Waals surface area (Å²) in [7, 11) is -8.65. The van der Waals surface area contributed by atoms with E-state index in [9.17, 15) is 21.4 Å². The number of hydrogen-bond donors (Lipinski definition) is 3. The van der Waals surface area contributed by atoms with Gasteiger partial charge in [-0.1, -0.05) is 5.04 Å². The van der Waals surface area contributed by atoms with Crippen LogP contribution < -0.4 is 0 Å². The first kappa shape index (κ1) is 25.1. The molecule has 13 heteroatoms. The second-order valence-corrected chi connectivity index (χ2v) is 11.8. The topological polar surface area (TPSA) is 150 Å². The Bertz CT molecular complexity index is 1300. The van der Waals surface area contributed by atoms with Crippen molar-refractivity contribution in [3.63, 3.8) is 0 Å². The molecule has 3 N–H and O–H groups in total. The summed E-state index contributed by atoms with van der Waals surface area (Å²) >= 11 is 0.582. The molecule has 0 aliphatic carbocycles. The zero-order valence-corrected chi connectivity index (χ0v) is 20.1. The number of nitrogens with zero attached hydrogens (tertiary/aromatic N) is 1. The minimum absolute atomic E-state index is 0.274. The van der Waals surface area contributed by atoms with E-state index >= 15 is 0 Å². The molecule has 0 radical (unpaired) electrons. The minimum atomic E-state index is -4.62. The quantitative estimate of drug-likeness (QED) is 0.115. The fourth-order valence-electron chi connectivity index (χ4n) is 4.10. The summed E-state index contributed by atoms with van der Waals surface area (Å²) in [6.45, 7) is 6.27. The molecule has 0 aromatic heterocycles. The molecule has 0 unspecified atom stereocenters. The second kappa shape index (κ2) is 8.99. The molecule has 2 aromatic rings. The van der Waals surface area contributed by atoms with Gasteiger partial charge >= 0.3 is 0 Å². The van der Waals surface area contributed by atoms with Crippen molar-refractivity contribution in [2.75, 3.05) is 12.3 Å². The van der Waals surface area contributed by atoms with Crippen molar-refractivity contribution in [2.24, 2.45) is 0 Å². The molecule has 0 saturated carbocycles. The van der Waals surface area contributed by atoms with Gasteiger partial charge in [-0.05, 0) is 43.9 Å². The number of rotatable bonds is 9. The SMILES string of the molecule is CC1=[N+](CCCCS(=O)(=O)O)c2ccc3cc(SOOO)cc(S(=O)(=O)O)c3c2C1(C)C. The third-order valence-electron chi connectivity index (χ3n) is 5.73. The van der Waals surface area contributed by atoms with Gasteiger partial charge in [-0.2, -0.15) is 21.4 Å². The number of hydrogen-bond acceptors (Lipinski definition) is 8. The van der Waals surface area contributed by atoms with Gasteiger partial charge in [0.15, 0.2) is 5.71 Å². The molecular formula is C19H24NO9S3+. The number of fused-ring (bicyclic) bond motifs is 3. The van der Waals surface area contributed by atoms with Crippen molar-refractivity contribution < 1.29 is 45.1 Å². The van der Waals surface area contributed by atoms with Crippen LogP contribution >= 0.6 is 12.0 Å². The van der Waals surface area contributed by atoms with Gasteiger partial charge in [-0.15, -0.1) is 4.33 Å². The summed E-state index contributed by atoms with van der Waals surface area (Å²) in [4.78, 5) is -0.0114. The highest BCUT2D eigenvalue weighted by Gasteiger charge is 2.45. The van der Waals surface area contributed by atoms with E-state index < -0.39 is 25.7 Å². The van der Waals surface area contributed by atoms with Crippen LogP contribution in [0, 0.1) is 0 Å². The molecule has 176 valence electrons. The van der Waals surface area contributed by atoms with Crippen LogP contribution in [-0.4, -0.2) is 53.8 Å². The van der Waals surface area contributed by atoms with Crippen molar-refractivity contribution in [1.29, 1.82) is 0 Å². The maximum absolute atomic E-state index is 12.3. The molecule has 0 spiro atoms. The molecule has 1 heterocycles. The molecule has 0 atom stereocenters. The van der Waals surface area contributed by atoms with Gasteiger partial charge in [0.25, 0.3) is 20.2 Å². The highest BCUT2D eigenvalue weighted by Crippen LogP contribution is 2.46. The zero-order valence-electron chi connectivity index (χ0n) is 17.6. The Labute approximate surface area is 190 Å². The van der Waals surface area contributed by atoms with Gasteiger partial charge in [0.1, 0.15) is 11.4 Å². The normalized spacial score (nSPS) is 16.1. The lowest BCUT2D eigenvalue weighted by Gasteiger charge is -2.19. The molecule has 0 bridgehead atoms. The summed E-state index contributed by atoms with van der Waals surface area (Å²) < 4.78 is 71.8. The van der Waals surface area contributed by atoms with Crippen LogP contribution in [0.25, 0.3) is 10.8 Å². The largest absolute Gasteiger partial charge is 0.295 e. The van der Waals surface area contributed by atoms with Crippen molar-refractivity contribution in [3.8, 4) is 0 Å². The van der Waals surface area contributed by atoms with Crippen LogP contribution in [0.2, 0.25) is 0 Å². The highest BCUT2D eigenvalue weighted by atomic mass is 32.2. The summed E-state index contributed by atoms with van der Waals surface area (Å²) in [5.74, 6) is -0.333. The van der Waals surface area contributed by atoms with E-state index in [1.54, 1.807) is 12.1 Å². The van der Waals surface area contributed by atoms with Gasteiger partial charge in [0.05, 0.1) is 23.2 Å². The monoisotopic (exact) mass is 506 g/mol. The van der Waals surface area contributed by atoms with Crippen molar-refractivity contribution in [3.05, 3.63) is 29.8 Å². The minimum Gasteiger partial charge on any atom is -0.286 e. The molecule has 10 nitrogen and oxygen atoms in total. The van der Waals surface area contributed by atoms with Crippen LogP contribution in [-0.2, 0) is 35.0 Å². The Morgan fingerprint density at radius 3 is 2.38 bits per heavy atom. The van der Waals surface area contributed by atoms with Crippen molar-refractivity contribution >= 4 is 54.5 Å². The van der Waals surface area contributed by atoms with E-state index in [-0.39, 0.29) is 22.0 Å². The van der Waals surface area contributed by atoms with Crippen LogP contribution in [0.4, 0.5) is 5.69 Å². The van der Waals surface area contributed by atoms with Crippen LogP contribution in [0.3, 0.4) is 0 Å². The third-order valence-corrected chi connectivity index (χ3v) is 7.97. The molecule has 1 aliphatic rings. The summed E-state index contributed by atoms with van der Waals surface area (Å²) in [6.07, 6.45) is 0.764. The predicted octanol–water partition coefficient (Wildman–Crippen LogP) is 3.58. The van der Waals surface area contributed by atoms with Gasteiger partial charge in [0, 0.05) is 35.3 Å². The lowest BCUT2D eigenvalue weighted by molar-refractivity contribution is -0.439. The van der Waals surface area contributed by atoms with Crippen LogP contribution in [0.15, 0.2) is 34.1 Å². The van der Waals surface area contributed by atoms with E-state index in [0.29, 0.717) is 41.3 Å². The molecule has 1 aliphatic heterocycles. The Morgan fingerprint density at radius 2 is 1.78 bits per heavy atom. The Morgan fingerprint density at radius 1 is 1.09 bits per heavy atom. The van der Waals surface area contributed by atoms with E-state index in [2.05, 4.69) is 9.37 Å². The Balaban J connectivity index is 2.15. The Kier molecular flexibility index (Phi) is 7.04. The molecule has 2 aromatic carbocycles. The third kappa shape index (κ3) is 4.99. The van der Waals surface area contributed by atoms with Crippen molar-refractivity contribution in [1.82, 2.24) is 0 Å². The Hall–Kier alpha value is -1.58. The summed E-state index contributed by atoms with van der Waals surface area (Å²) in [5, 5.41) is 12.9. The average molecular weight is 507 g/mol. The highest BCUT2D eigenvalue weighted by molar-refractivity contribution is 7.94. The van der Waals surface area contributed by atoms with E-state index in [1.165, 1.54) is 6.07 Å². The molecular weight excluding hydrogens is 482 g/mol. The predicted molar refractivity (Wildman–Crippen MR) is 119 cm³/mol. The van der Waals surface area contributed by atoms with Crippen LogP contribution in [0.5, 0.6) is 0 Å². The smallest absolute Gasteiger partial charge is 0.286 e. The molecule has 32 heavy (non-hydrogen) atoms. The van der Waals surface area contributed by atoms with Gasteiger partial charge in [0.2, 0.25) is 5.69 Å². The van der Waals surface area contributed by atoms with Crippen LogP contribution in [0.1, 0.15) is 39.2 Å². The first-order chi connectivity index (χ1) is 14.8. The van der Waals surface area contributed by atoms with Gasteiger partial charge in [-0.25, -0.2) is 5.26 Å². The zero-order chi connectivity index (χ0) is 23.9. The fourth-order valence-corrected chi connectivity index (χ4v) is 5.94. The van der Waals surface area contributed by atoms with Crippen molar-refractivity contribution in [2.45, 2.75) is 48.8 Å². The molecule has 0 fully saturated rings. The van der Waals surface area contributed by atoms with E-state index in [4.69, 9.17) is 9.81 Å². The maximum Gasteiger partial charge on any atom is 0.295 e. The first-order valence-corrected chi connectivity index (χ1v) is 13.4. The van der Waals surface area contributed by atoms with Gasteiger partial charge in [-0.3, -0.25) is 9.11 Å². The summed E-state index contributed by atoms with van der Waals surface area (Å²) in [5.41, 5.74) is 1.82.